The van der Waals surface area contributed by atoms with Crippen LogP contribution >= 0.6 is 0 Å². The summed E-state index contributed by atoms with van der Waals surface area (Å²) in [5.74, 6) is -0.784. The molecule has 1 atom stereocenters. The Labute approximate surface area is 236 Å². The number of hydrogen-bond acceptors (Lipinski definition) is 7. The summed E-state index contributed by atoms with van der Waals surface area (Å²) in [5, 5.41) is 16.0. The second-order valence-electron chi connectivity index (χ2n) is 10.1. The van der Waals surface area contributed by atoms with Gasteiger partial charge in [-0.25, -0.2) is 4.79 Å². The molecule has 0 bridgehead atoms. The molecule has 3 N–H and O–H groups in total. The van der Waals surface area contributed by atoms with Crippen molar-refractivity contribution in [2.45, 2.75) is 77.7 Å². The van der Waals surface area contributed by atoms with Gasteiger partial charge in [0.05, 0.1) is 5.56 Å². The molecule has 1 amide bonds. The molecule has 214 valence electrons. The molecule has 0 fully saturated rings. The Balaban J connectivity index is 1.64. The van der Waals surface area contributed by atoms with Gasteiger partial charge in [-0.3, -0.25) is 19.4 Å². The number of rotatable bonds is 18. The fraction of sp³-hybridized carbons (Fsp3) is 0.452. The first-order valence-electron chi connectivity index (χ1n) is 14.1. The van der Waals surface area contributed by atoms with Crippen molar-refractivity contribution in [3.63, 3.8) is 0 Å². The average molecular weight is 549 g/mol. The zero-order valence-electron chi connectivity index (χ0n) is 23.4. The van der Waals surface area contributed by atoms with Crippen LogP contribution in [0.25, 0.3) is 0 Å². The van der Waals surface area contributed by atoms with Crippen LogP contribution in [0.15, 0.2) is 60.2 Å². The van der Waals surface area contributed by atoms with Gasteiger partial charge in [0, 0.05) is 74.7 Å². The van der Waals surface area contributed by atoms with Crippen molar-refractivity contribution in [1.82, 2.24) is 15.2 Å². The Kier molecular flexibility index (Phi) is 11.9. The van der Waals surface area contributed by atoms with Crippen LogP contribution in [0, 0.1) is 0 Å². The number of anilines is 1. The average Bonchev–Trinajstić information content (AvgIpc) is 2.94. The van der Waals surface area contributed by atoms with Crippen molar-refractivity contribution < 1.29 is 24.3 Å². The number of nitrogens with zero attached hydrogens (tertiary/aromatic N) is 2. The van der Waals surface area contributed by atoms with E-state index in [1.54, 1.807) is 30.5 Å². The Morgan fingerprint density at radius 2 is 1.75 bits per heavy atom. The minimum atomic E-state index is -0.953. The molecule has 0 spiro atoms. The van der Waals surface area contributed by atoms with Crippen molar-refractivity contribution in [2.75, 3.05) is 18.4 Å². The van der Waals surface area contributed by atoms with E-state index in [-0.39, 0.29) is 23.9 Å². The van der Waals surface area contributed by atoms with E-state index in [0.29, 0.717) is 56.4 Å². The number of carbonyl (C=O) groups excluding carboxylic acids is 3. The summed E-state index contributed by atoms with van der Waals surface area (Å²) in [6, 6.07) is 9.67. The predicted octanol–water partition coefficient (Wildman–Crippen LogP) is 4.75. The van der Waals surface area contributed by atoms with E-state index in [1.807, 2.05) is 26.0 Å². The molecule has 0 unspecified atom stereocenters. The van der Waals surface area contributed by atoms with E-state index in [2.05, 4.69) is 20.5 Å². The van der Waals surface area contributed by atoms with Gasteiger partial charge in [-0.15, -0.1) is 0 Å². The minimum absolute atomic E-state index is 0.218. The van der Waals surface area contributed by atoms with Gasteiger partial charge >= 0.3 is 5.97 Å². The van der Waals surface area contributed by atoms with E-state index in [1.165, 1.54) is 6.20 Å². The first kappa shape index (κ1) is 30.5. The molecule has 0 saturated heterocycles. The Morgan fingerprint density at radius 3 is 2.35 bits per heavy atom. The molecule has 1 aliphatic carbocycles. The number of aliphatic carboxylic acids is 1. The van der Waals surface area contributed by atoms with Gasteiger partial charge in [-0.05, 0) is 55.5 Å². The quantitative estimate of drug-likeness (QED) is 0.244. The fourth-order valence-corrected chi connectivity index (χ4v) is 4.63. The molecular weight excluding hydrogens is 508 g/mol. The van der Waals surface area contributed by atoms with Gasteiger partial charge < -0.3 is 20.6 Å². The highest BCUT2D eigenvalue weighted by atomic mass is 16.4. The predicted molar refractivity (Wildman–Crippen MR) is 154 cm³/mol. The highest BCUT2D eigenvalue weighted by Crippen LogP contribution is 2.30. The topological polar surface area (TPSA) is 129 Å². The molecular formula is C31H40N4O5. The van der Waals surface area contributed by atoms with Crippen LogP contribution in [0.3, 0.4) is 0 Å². The summed E-state index contributed by atoms with van der Waals surface area (Å²) in [6.07, 6.45) is 8.45. The molecule has 1 aromatic carbocycles. The summed E-state index contributed by atoms with van der Waals surface area (Å²) < 4.78 is 0. The van der Waals surface area contributed by atoms with E-state index >= 15 is 0 Å². The number of pyridine rings is 1. The second kappa shape index (κ2) is 15.5. The van der Waals surface area contributed by atoms with Gasteiger partial charge in [0.25, 0.3) is 5.91 Å². The number of aromatic nitrogens is 1. The lowest BCUT2D eigenvalue weighted by atomic mass is 9.96. The van der Waals surface area contributed by atoms with E-state index in [9.17, 15) is 24.3 Å². The van der Waals surface area contributed by atoms with Crippen LogP contribution < -0.4 is 10.6 Å². The van der Waals surface area contributed by atoms with Gasteiger partial charge in [0.1, 0.15) is 17.6 Å². The Morgan fingerprint density at radius 1 is 0.975 bits per heavy atom. The van der Waals surface area contributed by atoms with Gasteiger partial charge in [0.15, 0.2) is 0 Å². The number of amides is 1. The molecule has 2 aromatic rings. The molecule has 3 rings (SSSR count). The molecule has 9 heteroatoms. The van der Waals surface area contributed by atoms with E-state index in [0.717, 1.165) is 36.2 Å². The van der Waals surface area contributed by atoms with Gasteiger partial charge in [-0.1, -0.05) is 26.0 Å². The van der Waals surface area contributed by atoms with E-state index < -0.39 is 12.0 Å². The van der Waals surface area contributed by atoms with Crippen molar-refractivity contribution >= 4 is 29.1 Å². The van der Waals surface area contributed by atoms with Crippen LogP contribution in [-0.2, 0) is 20.8 Å². The number of Topliss-reactive ketones (excluding diaryl/α,β-unsaturated/α-hetero) is 2. The number of carboxylic acid groups (broad SMARTS) is 1. The van der Waals surface area contributed by atoms with Gasteiger partial charge in [-0.2, -0.15) is 0 Å². The number of benzene rings is 1. The SMILES string of the molecule is CCCC(=O)CCN(CCCC(=O)CC)C1=C(N[C@@H](Cc2ccc(NC(=O)c3cccnc3)cc2)C(=O)O)CC1. The number of allylic oxidation sites excluding steroid dienone is 2. The fourth-order valence-electron chi connectivity index (χ4n) is 4.63. The number of carbonyl (C=O) groups is 4. The zero-order chi connectivity index (χ0) is 28.9. The smallest absolute Gasteiger partial charge is 0.326 e. The highest BCUT2D eigenvalue weighted by Gasteiger charge is 2.28. The number of nitrogens with one attached hydrogen (secondary N) is 2. The normalized spacial score (nSPS) is 13.2. The molecule has 0 saturated carbocycles. The van der Waals surface area contributed by atoms with Crippen molar-refractivity contribution in [3.8, 4) is 0 Å². The first-order valence-corrected chi connectivity index (χ1v) is 14.1. The molecule has 0 aliphatic heterocycles. The summed E-state index contributed by atoms with van der Waals surface area (Å²) in [6.45, 7) is 5.08. The Hall–Kier alpha value is -4.01. The second-order valence-corrected chi connectivity index (χ2v) is 10.1. The molecule has 1 aliphatic rings. The largest absolute Gasteiger partial charge is 0.480 e. The van der Waals surface area contributed by atoms with Crippen molar-refractivity contribution in [2.24, 2.45) is 0 Å². The summed E-state index contributed by atoms with van der Waals surface area (Å²) in [5.41, 5.74) is 3.80. The summed E-state index contributed by atoms with van der Waals surface area (Å²) in [7, 11) is 0. The number of hydrogen-bond donors (Lipinski definition) is 3. The maximum Gasteiger partial charge on any atom is 0.326 e. The first-order chi connectivity index (χ1) is 19.3. The van der Waals surface area contributed by atoms with Crippen LogP contribution in [0.2, 0.25) is 0 Å². The van der Waals surface area contributed by atoms with Crippen LogP contribution in [0.4, 0.5) is 5.69 Å². The lowest BCUT2D eigenvalue weighted by Crippen LogP contribution is -2.43. The molecule has 0 radical (unpaired) electrons. The highest BCUT2D eigenvalue weighted by molar-refractivity contribution is 6.04. The third-order valence-electron chi connectivity index (χ3n) is 7.03. The van der Waals surface area contributed by atoms with E-state index in [4.69, 9.17) is 0 Å². The lowest BCUT2D eigenvalue weighted by molar-refractivity contribution is -0.139. The number of ketones is 2. The minimum Gasteiger partial charge on any atom is -0.480 e. The van der Waals surface area contributed by atoms with Crippen LogP contribution in [0.1, 0.15) is 81.1 Å². The van der Waals surface area contributed by atoms with Crippen molar-refractivity contribution in [1.29, 1.82) is 0 Å². The van der Waals surface area contributed by atoms with Crippen LogP contribution in [0.5, 0.6) is 0 Å². The third-order valence-corrected chi connectivity index (χ3v) is 7.03. The zero-order valence-corrected chi connectivity index (χ0v) is 23.4. The molecule has 1 heterocycles. The molecule has 1 aromatic heterocycles. The lowest BCUT2D eigenvalue weighted by Gasteiger charge is -2.37. The van der Waals surface area contributed by atoms with Crippen molar-refractivity contribution in [3.05, 3.63) is 71.3 Å². The standard InChI is InChI=1S/C31H40N4O5/c1-3-7-26(37)16-19-35(18-6-9-25(36)4-2)29-15-14-27(29)34-28(31(39)40)20-22-10-12-24(13-11-22)33-30(38)23-8-5-17-32-21-23/h5,8,10-13,17,21,28,34H,3-4,6-7,9,14-16,18-20H2,1-2H3,(H,33,38)(H,39,40)/t28-/m0/s1. The molecule has 40 heavy (non-hydrogen) atoms. The third kappa shape index (κ3) is 9.32. The monoisotopic (exact) mass is 548 g/mol. The maximum absolute atomic E-state index is 12.4. The summed E-state index contributed by atoms with van der Waals surface area (Å²) >= 11 is 0. The summed E-state index contributed by atoms with van der Waals surface area (Å²) in [4.78, 5) is 54.6. The number of carboxylic acids is 1. The molecule has 9 nitrogen and oxygen atoms in total. The maximum atomic E-state index is 12.4. The van der Waals surface area contributed by atoms with Crippen LogP contribution in [-0.4, -0.2) is 57.6 Å². The Bertz CT molecular complexity index is 1190. The van der Waals surface area contributed by atoms with Gasteiger partial charge in [0.2, 0.25) is 0 Å².